The van der Waals surface area contributed by atoms with Crippen molar-refractivity contribution in [3.8, 4) is 0 Å². The summed E-state index contributed by atoms with van der Waals surface area (Å²) in [5.74, 6) is -0.201. The molecule has 0 fully saturated rings. The minimum atomic E-state index is -3.69. The van der Waals surface area contributed by atoms with Gasteiger partial charge in [0.05, 0.1) is 4.90 Å². The van der Waals surface area contributed by atoms with E-state index >= 15 is 0 Å². The van der Waals surface area contributed by atoms with Crippen molar-refractivity contribution in [2.45, 2.75) is 18.7 Å². The Hall–Kier alpha value is -2.66. The van der Waals surface area contributed by atoms with Gasteiger partial charge in [-0.05, 0) is 32.0 Å². The van der Waals surface area contributed by atoms with E-state index in [0.29, 0.717) is 11.1 Å². The van der Waals surface area contributed by atoms with Crippen molar-refractivity contribution in [1.29, 1.82) is 0 Å². The van der Waals surface area contributed by atoms with Crippen LogP contribution in [0, 0.1) is 13.8 Å². The van der Waals surface area contributed by atoms with Crippen LogP contribution in [0.5, 0.6) is 0 Å². The molecule has 1 heterocycles. The molecule has 0 unspecified atom stereocenters. The van der Waals surface area contributed by atoms with Crippen molar-refractivity contribution in [3.63, 3.8) is 0 Å². The molecule has 122 valence electrons. The highest BCUT2D eigenvalue weighted by molar-refractivity contribution is 7.90. The highest BCUT2D eigenvalue weighted by atomic mass is 32.2. The summed E-state index contributed by atoms with van der Waals surface area (Å²) in [5.41, 5.74) is 2.92. The molecule has 0 saturated carbocycles. The van der Waals surface area contributed by atoms with E-state index in [1.807, 2.05) is 26.0 Å². The molecule has 0 radical (unpaired) electrons. The maximum absolute atomic E-state index is 12.6. The largest absolute Gasteiger partial charge is 0.289 e. The van der Waals surface area contributed by atoms with Gasteiger partial charge >= 0.3 is 0 Å². The second-order valence-electron chi connectivity index (χ2n) is 5.74. The van der Waals surface area contributed by atoms with Crippen molar-refractivity contribution in [1.82, 2.24) is 3.97 Å². The summed E-state index contributed by atoms with van der Waals surface area (Å²) in [6.07, 6.45) is 2.76. The molecule has 0 aliphatic carbocycles. The highest BCUT2D eigenvalue weighted by Crippen LogP contribution is 2.18. The number of aromatic nitrogens is 1. The number of nitrogens with zero attached hydrogens (tertiary/aromatic N) is 1. The molecule has 0 spiro atoms. The average Bonchev–Trinajstić information content (AvgIpc) is 3.06. The number of rotatable bonds is 4. The summed E-state index contributed by atoms with van der Waals surface area (Å²) < 4.78 is 26.3. The first-order valence-electron chi connectivity index (χ1n) is 7.49. The lowest BCUT2D eigenvalue weighted by Crippen LogP contribution is -2.11. The van der Waals surface area contributed by atoms with Crippen LogP contribution in [0.3, 0.4) is 0 Å². The van der Waals surface area contributed by atoms with Gasteiger partial charge in [-0.25, -0.2) is 12.4 Å². The van der Waals surface area contributed by atoms with Crippen LogP contribution in [0.25, 0.3) is 0 Å². The second-order valence-corrected chi connectivity index (χ2v) is 7.59. The number of carbonyl (C=O) groups excluding carboxylic acids is 1. The lowest BCUT2D eigenvalue weighted by Gasteiger charge is -2.05. The van der Waals surface area contributed by atoms with Gasteiger partial charge in [-0.2, -0.15) is 0 Å². The molecule has 0 aliphatic heterocycles. The molecule has 1 aromatic heterocycles. The number of hydrogen-bond acceptors (Lipinski definition) is 3. The molecule has 0 amide bonds. The normalized spacial score (nSPS) is 11.4. The van der Waals surface area contributed by atoms with Crippen LogP contribution < -0.4 is 0 Å². The molecule has 5 heteroatoms. The fourth-order valence-electron chi connectivity index (χ4n) is 2.36. The van der Waals surface area contributed by atoms with Gasteiger partial charge in [0, 0.05) is 23.5 Å². The SMILES string of the molecule is Cc1ccc(C(=O)c2ccn(S(=O)(=O)c3ccc(C)cc3)c2)cc1. The van der Waals surface area contributed by atoms with Gasteiger partial charge in [0.15, 0.2) is 5.78 Å². The van der Waals surface area contributed by atoms with Gasteiger partial charge < -0.3 is 0 Å². The summed E-state index contributed by atoms with van der Waals surface area (Å²) in [6.45, 7) is 3.84. The van der Waals surface area contributed by atoms with Crippen LogP contribution in [0.15, 0.2) is 71.9 Å². The Morgan fingerprint density at radius 3 is 1.92 bits per heavy atom. The van der Waals surface area contributed by atoms with E-state index in [9.17, 15) is 13.2 Å². The number of ketones is 1. The maximum Gasteiger partial charge on any atom is 0.267 e. The summed E-state index contributed by atoms with van der Waals surface area (Å²) in [5, 5.41) is 0. The minimum absolute atomic E-state index is 0.193. The molecule has 2 aromatic carbocycles. The molecule has 24 heavy (non-hydrogen) atoms. The van der Waals surface area contributed by atoms with Gasteiger partial charge in [0.1, 0.15) is 0 Å². The number of benzene rings is 2. The number of aryl methyl sites for hydroxylation is 2. The molecule has 0 saturated heterocycles. The van der Waals surface area contributed by atoms with Gasteiger partial charge in [-0.15, -0.1) is 0 Å². The van der Waals surface area contributed by atoms with Crippen LogP contribution in [-0.2, 0) is 10.0 Å². The fraction of sp³-hybridized carbons (Fsp3) is 0.105. The second kappa shape index (κ2) is 6.09. The Morgan fingerprint density at radius 2 is 1.33 bits per heavy atom. The number of hydrogen-bond donors (Lipinski definition) is 0. The summed E-state index contributed by atoms with van der Waals surface area (Å²) >= 11 is 0. The zero-order valence-corrected chi connectivity index (χ0v) is 14.2. The van der Waals surface area contributed by atoms with Crippen molar-refractivity contribution in [3.05, 3.63) is 89.2 Å². The Kier molecular flexibility index (Phi) is 4.11. The van der Waals surface area contributed by atoms with Gasteiger partial charge in [0.25, 0.3) is 10.0 Å². The predicted octanol–water partition coefficient (Wildman–Crippen LogP) is 3.57. The zero-order chi connectivity index (χ0) is 17.3. The van der Waals surface area contributed by atoms with Crippen molar-refractivity contribution >= 4 is 15.8 Å². The van der Waals surface area contributed by atoms with Gasteiger partial charge in [-0.1, -0.05) is 47.5 Å². The van der Waals surface area contributed by atoms with E-state index in [2.05, 4.69) is 0 Å². The van der Waals surface area contributed by atoms with Crippen LogP contribution >= 0.6 is 0 Å². The average molecular weight is 339 g/mol. The predicted molar refractivity (Wildman–Crippen MR) is 92.8 cm³/mol. The lowest BCUT2D eigenvalue weighted by molar-refractivity contribution is 0.103. The molecule has 0 aliphatic rings. The zero-order valence-electron chi connectivity index (χ0n) is 13.4. The van der Waals surface area contributed by atoms with E-state index < -0.39 is 10.0 Å². The van der Waals surface area contributed by atoms with Gasteiger partial charge in [0.2, 0.25) is 0 Å². The smallest absolute Gasteiger partial charge is 0.267 e. The quantitative estimate of drug-likeness (QED) is 0.683. The van der Waals surface area contributed by atoms with E-state index in [1.54, 1.807) is 36.4 Å². The molecule has 0 bridgehead atoms. The first-order chi connectivity index (χ1) is 11.4. The Balaban J connectivity index is 1.94. The molecule has 0 N–H and O–H groups in total. The summed E-state index contributed by atoms with van der Waals surface area (Å²) in [7, 11) is -3.69. The van der Waals surface area contributed by atoms with Gasteiger partial charge in [-0.3, -0.25) is 4.79 Å². The fourth-order valence-corrected chi connectivity index (χ4v) is 3.56. The third kappa shape index (κ3) is 3.03. The van der Waals surface area contributed by atoms with E-state index in [0.717, 1.165) is 15.1 Å². The third-order valence-electron chi connectivity index (χ3n) is 3.84. The van der Waals surface area contributed by atoms with Crippen molar-refractivity contribution < 1.29 is 13.2 Å². The van der Waals surface area contributed by atoms with Crippen molar-refractivity contribution in [2.75, 3.05) is 0 Å². The van der Waals surface area contributed by atoms with Crippen molar-refractivity contribution in [2.24, 2.45) is 0 Å². The summed E-state index contributed by atoms with van der Waals surface area (Å²) in [6, 6.07) is 15.3. The third-order valence-corrected chi connectivity index (χ3v) is 5.49. The standard InChI is InChI=1S/C19H17NO3S/c1-14-3-7-16(8-4-14)19(21)17-11-12-20(13-17)24(22,23)18-9-5-15(2)6-10-18/h3-13H,1-2H3. The molecule has 3 rings (SSSR count). The molecular weight excluding hydrogens is 322 g/mol. The monoisotopic (exact) mass is 339 g/mol. The maximum atomic E-state index is 12.6. The Bertz CT molecular complexity index is 982. The first kappa shape index (κ1) is 16.2. The van der Waals surface area contributed by atoms with Crippen LogP contribution in [-0.4, -0.2) is 18.2 Å². The van der Waals surface area contributed by atoms with Crippen LogP contribution in [0.1, 0.15) is 27.0 Å². The van der Waals surface area contributed by atoms with E-state index in [1.165, 1.54) is 18.5 Å². The minimum Gasteiger partial charge on any atom is -0.289 e. The molecular formula is C19H17NO3S. The number of carbonyl (C=O) groups is 1. The molecule has 4 nitrogen and oxygen atoms in total. The molecule has 3 aromatic rings. The summed E-state index contributed by atoms with van der Waals surface area (Å²) in [4.78, 5) is 12.7. The topological polar surface area (TPSA) is 56.1 Å². The van der Waals surface area contributed by atoms with Crippen LogP contribution in [0.4, 0.5) is 0 Å². The van der Waals surface area contributed by atoms with Crippen LogP contribution in [0.2, 0.25) is 0 Å². The first-order valence-corrected chi connectivity index (χ1v) is 8.93. The van der Waals surface area contributed by atoms with E-state index in [4.69, 9.17) is 0 Å². The lowest BCUT2D eigenvalue weighted by atomic mass is 10.0. The molecule has 0 atom stereocenters. The highest BCUT2D eigenvalue weighted by Gasteiger charge is 2.18. The van der Waals surface area contributed by atoms with E-state index in [-0.39, 0.29) is 10.7 Å². The Morgan fingerprint density at radius 1 is 0.792 bits per heavy atom. The Labute approximate surface area is 141 Å².